The molecule has 90 valence electrons. The van der Waals surface area contributed by atoms with Gasteiger partial charge in [-0.1, -0.05) is 0 Å². The van der Waals surface area contributed by atoms with Crippen molar-refractivity contribution < 1.29 is 9.59 Å². The molecule has 0 radical (unpaired) electrons. The van der Waals surface area contributed by atoms with Crippen molar-refractivity contribution in [2.45, 2.75) is 25.7 Å². The molecule has 0 bridgehead atoms. The second-order valence-corrected chi connectivity index (χ2v) is 6.54. The van der Waals surface area contributed by atoms with E-state index in [2.05, 4.69) is 10.8 Å². The fourth-order valence-electron chi connectivity index (χ4n) is 2.85. The van der Waals surface area contributed by atoms with Gasteiger partial charge in [-0.25, -0.2) is 0 Å². The topological polar surface area (TPSA) is 34.1 Å². The Labute approximate surface area is 112 Å². The van der Waals surface area contributed by atoms with Crippen LogP contribution in [0.3, 0.4) is 0 Å². The Bertz CT molecular complexity index is 630. The van der Waals surface area contributed by atoms with Crippen LogP contribution in [0.15, 0.2) is 10.8 Å². The molecule has 0 spiro atoms. The Kier molecular flexibility index (Phi) is 2.14. The average molecular weight is 274 g/mol. The fraction of sp³-hybridized carbons (Fsp3) is 0.286. The van der Waals surface area contributed by atoms with Gasteiger partial charge < -0.3 is 0 Å². The number of hydrogen-bond acceptors (Lipinski definition) is 4. The Balaban J connectivity index is 1.96. The second-order valence-electron chi connectivity index (χ2n) is 4.78. The van der Waals surface area contributed by atoms with Crippen LogP contribution >= 0.6 is 22.7 Å². The van der Waals surface area contributed by atoms with E-state index in [-0.39, 0.29) is 11.6 Å². The van der Waals surface area contributed by atoms with Crippen LogP contribution in [-0.4, -0.2) is 11.6 Å². The molecule has 2 aliphatic rings. The molecule has 2 nitrogen and oxygen atoms in total. The van der Waals surface area contributed by atoms with E-state index >= 15 is 0 Å². The molecule has 0 N–H and O–H groups in total. The highest BCUT2D eigenvalue weighted by Crippen LogP contribution is 2.45. The summed E-state index contributed by atoms with van der Waals surface area (Å²) in [6.45, 7) is 0. The van der Waals surface area contributed by atoms with Crippen LogP contribution in [0.2, 0.25) is 0 Å². The summed E-state index contributed by atoms with van der Waals surface area (Å²) >= 11 is 3.24. The summed E-state index contributed by atoms with van der Waals surface area (Å²) in [6, 6.07) is 0. The van der Waals surface area contributed by atoms with E-state index in [1.54, 1.807) is 22.7 Å². The molecule has 0 amide bonds. The molecule has 0 aliphatic heterocycles. The molecular weight excluding hydrogens is 264 g/mol. The van der Waals surface area contributed by atoms with Crippen LogP contribution in [0.1, 0.15) is 44.7 Å². The molecule has 0 fully saturated rings. The van der Waals surface area contributed by atoms with Gasteiger partial charge in [0.1, 0.15) is 0 Å². The second kappa shape index (κ2) is 3.62. The lowest BCUT2D eigenvalue weighted by molar-refractivity contribution is 0.0986. The van der Waals surface area contributed by atoms with Crippen LogP contribution in [0, 0.1) is 0 Å². The zero-order chi connectivity index (χ0) is 12.3. The number of carbonyl (C=O) groups excluding carboxylic acids is 2. The van der Waals surface area contributed by atoms with Crippen LogP contribution in [0.5, 0.6) is 0 Å². The summed E-state index contributed by atoms with van der Waals surface area (Å²) in [5.74, 6) is 0.489. The predicted molar refractivity (Wildman–Crippen MR) is 72.9 cm³/mol. The smallest absolute Gasteiger partial charge is 0.164 e. The number of rotatable bonds is 1. The highest BCUT2D eigenvalue weighted by atomic mass is 32.1. The molecule has 0 saturated heterocycles. The van der Waals surface area contributed by atoms with Crippen LogP contribution in [0.25, 0.3) is 9.75 Å². The van der Waals surface area contributed by atoms with Gasteiger partial charge in [-0.15, -0.1) is 22.7 Å². The molecule has 4 heteroatoms. The average Bonchev–Trinajstić information content (AvgIpc) is 3.05. The van der Waals surface area contributed by atoms with Crippen molar-refractivity contribution in [2.24, 2.45) is 0 Å². The summed E-state index contributed by atoms with van der Waals surface area (Å²) in [5, 5.41) is 4.17. The van der Waals surface area contributed by atoms with Gasteiger partial charge in [0.2, 0.25) is 0 Å². The third kappa shape index (κ3) is 1.27. The van der Waals surface area contributed by atoms with Gasteiger partial charge in [0.05, 0.1) is 9.75 Å². The summed E-state index contributed by atoms with van der Waals surface area (Å²) in [6.07, 6.45) is 3.00. The molecular formula is C14H10O2S2. The van der Waals surface area contributed by atoms with Crippen LogP contribution in [0.4, 0.5) is 0 Å². The highest BCUT2D eigenvalue weighted by molar-refractivity contribution is 7.21. The van der Waals surface area contributed by atoms with Crippen molar-refractivity contribution in [1.29, 1.82) is 0 Å². The van der Waals surface area contributed by atoms with E-state index in [0.717, 1.165) is 33.7 Å². The van der Waals surface area contributed by atoms with Crippen molar-refractivity contribution in [3.8, 4) is 9.75 Å². The standard InChI is InChI=1S/C14H10O2S2/c15-9-3-1-7-5-17-13(11(7)9)14-12-8(6-18-14)2-4-10(12)16/h5-6H,1-4H2. The number of hydrogen-bond donors (Lipinski definition) is 0. The van der Waals surface area contributed by atoms with Gasteiger partial charge in [-0.2, -0.15) is 0 Å². The van der Waals surface area contributed by atoms with Gasteiger partial charge in [0.25, 0.3) is 0 Å². The fourth-order valence-corrected chi connectivity index (χ4v) is 5.27. The minimum absolute atomic E-state index is 0.244. The SMILES string of the molecule is O=C1CCc2csc(-c3scc4c3C(=O)CC4)c21. The third-order valence-corrected chi connectivity index (χ3v) is 5.96. The molecule has 2 aromatic rings. The van der Waals surface area contributed by atoms with Gasteiger partial charge in [0.15, 0.2) is 11.6 Å². The first kappa shape index (κ1) is 10.6. The summed E-state index contributed by atoms with van der Waals surface area (Å²) in [5.41, 5.74) is 4.13. The quantitative estimate of drug-likeness (QED) is 0.794. The Morgan fingerprint density at radius 3 is 1.61 bits per heavy atom. The van der Waals surface area contributed by atoms with E-state index in [4.69, 9.17) is 0 Å². The van der Waals surface area contributed by atoms with Crippen molar-refractivity contribution in [3.05, 3.63) is 33.0 Å². The summed E-state index contributed by atoms with van der Waals surface area (Å²) in [7, 11) is 0. The van der Waals surface area contributed by atoms with Gasteiger partial charge in [-0.05, 0) is 34.7 Å². The van der Waals surface area contributed by atoms with E-state index in [1.165, 1.54) is 11.1 Å². The molecule has 0 atom stereocenters. The van der Waals surface area contributed by atoms with Gasteiger partial charge in [0, 0.05) is 24.0 Å². The van der Waals surface area contributed by atoms with Gasteiger partial charge >= 0.3 is 0 Å². The van der Waals surface area contributed by atoms with Crippen molar-refractivity contribution in [3.63, 3.8) is 0 Å². The Morgan fingerprint density at radius 1 is 0.722 bits per heavy atom. The van der Waals surface area contributed by atoms with Crippen molar-refractivity contribution in [2.75, 3.05) is 0 Å². The first-order chi connectivity index (χ1) is 8.75. The minimum atomic E-state index is 0.244. The largest absolute Gasteiger partial charge is 0.294 e. The van der Waals surface area contributed by atoms with Crippen LogP contribution in [-0.2, 0) is 12.8 Å². The van der Waals surface area contributed by atoms with E-state index in [0.29, 0.717) is 12.8 Å². The predicted octanol–water partition coefficient (Wildman–Crippen LogP) is 3.73. The maximum Gasteiger partial charge on any atom is 0.164 e. The molecule has 0 saturated carbocycles. The normalized spacial score (nSPS) is 17.3. The third-order valence-electron chi connectivity index (χ3n) is 3.74. The lowest BCUT2D eigenvalue weighted by atomic mass is 10.1. The molecule has 2 aliphatic carbocycles. The zero-order valence-corrected chi connectivity index (χ0v) is 11.2. The summed E-state index contributed by atoms with van der Waals surface area (Å²) in [4.78, 5) is 26.0. The highest BCUT2D eigenvalue weighted by Gasteiger charge is 2.31. The number of thiophene rings is 2. The summed E-state index contributed by atoms with van der Waals surface area (Å²) < 4.78 is 0. The first-order valence-electron chi connectivity index (χ1n) is 6.03. The monoisotopic (exact) mass is 274 g/mol. The van der Waals surface area contributed by atoms with E-state index in [9.17, 15) is 9.59 Å². The molecule has 2 heterocycles. The number of ketones is 2. The maximum atomic E-state index is 12.0. The van der Waals surface area contributed by atoms with E-state index in [1.807, 2.05) is 0 Å². The number of aryl methyl sites for hydroxylation is 2. The van der Waals surface area contributed by atoms with Crippen molar-refractivity contribution in [1.82, 2.24) is 0 Å². The number of Topliss-reactive ketones (excluding diaryl/α,β-unsaturated/α-hetero) is 2. The first-order valence-corrected chi connectivity index (χ1v) is 7.79. The van der Waals surface area contributed by atoms with E-state index < -0.39 is 0 Å². The number of fused-ring (bicyclic) bond motifs is 2. The van der Waals surface area contributed by atoms with Gasteiger partial charge in [-0.3, -0.25) is 9.59 Å². The molecule has 2 aromatic heterocycles. The number of carbonyl (C=O) groups is 2. The molecule has 0 unspecified atom stereocenters. The lowest BCUT2D eigenvalue weighted by Gasteiger charge is -2.00. The van der Waals surface area contributed by atoms with Crippen LogP contribution < -0.4 is 0 Å². The molecule has 18 heavy (non-hydrogen) atoms. The Hall–Kier alpha value is -1.26. The zero-order valence-electron chi connectivity index (χ0n) is 9.62. The lowest BCUT2D eigenvalue weighted by Crippen LogP contribution is -1.95. The molecule has 0 aromatic carbocycles. The maximum absolute atomic E-state index is 12.0. The van der Waals surface area contributed by atoms with Crippen molar-refractivity contribution >= 4 is 34.2 Å². The molecule has 4 rings (SSSR count). The minimum Gasteiger partial charge on any atom is -0.294 e. The Morgan fingerprint density at radius 2 is 1.17 bits per heavy atom.